The lowest BCUT2D eigenvalue weighted by Crippen LogP contribution is -2.10. The molecule has 20 rings (SSSR count). The van der Waals surface area contributed by atoms with Crippen LogP contribution in [0.3, 0.4) is 0 Å². The Morgan fingerprint density at radius 3 is 0.750 bits per heavy atom. The van der Waals surface area contributed by atoms with Crippen LogP contribution in [0.2, 0.25) is 0 Å². The molecular formula is C90H58N10. The Kier molecular flexibility index (Phi) is 13.0. The molecule has 0 spiro atoms. The van der Waals surface area contributed by atoms with Crippen LogP contribution in [-0.4, -0.2) is 28.7 Å². The van der Waals surface area contributed by atoms with Gasteiger partial charge in [-0.05, 0) is 182 Å². The van der Waals surface area contributed by atoms with E-state index in [0.717, 1.165) is 155 Å². The number of nitrogens with zero attached hydrogens (tertiary/aromatic N) is 10. The fourth-order valence-electron chi connectivity index (χ4n) is 15.6. The van der Waals surface area contributed by atoms with E-state index in [1.54, 1.807) is 0 Å². The van der Waals surface area contributed by atoms with Crippen molar-refractivity contribution in [1.29, 1.82) is 0 Å². The van der Waals surface area contributed by atoms with Gasteiger partial charge in [-0.3, -0.25) is 9.97 Å². The van der Waals surface area contributed by atoms with Crippen molar-refractivity contribution in [3.05, 3.63) is 352 Å². The second kappa shape index (κ2) is 23.0. The summed E-state index contributed by atoms with van der Waals surface area (Å²) in [6.07, 6.45) is 3.68. The Balaban J connectivity index is 1.01. The van der Waals surface area contributed by atoms with Crippen molar-refractivity contribution in [3.63, 3.8) is 0 Å². The van der Waals surface area contributed by atoms with Crippen LogP contribution in [0.15, 0.2) is 352 Å². The van der Waals surface area contributed by atoms with Crippen molar-refractivity contribution < 1.29 is 0 Å². The molecule has 0 N–H and O–H groups in total. The lowest BCUT2D eigenvalue weighted by Gasteiger charge is -2.26. The summed E-state index contributed by atoms with van der Waals surface area (Å²) >= 11 is 0. The Morgan fingerprint density at radius 1 is 0.210 bits per heavy atom. The van der Waals surface area contributed by atoms with Gasteiger partial charge >= 0.3 is 0 Å². The normalized spacial score (nSPS) is 11.8. The van der Waals surface area contributed by atoms with E-state index < -0.39 is 0 Å². The average Bonchev–Trinajstić information content (AvgIpc) is 1.49. The number of aromatic nitrogens is 6. The Morgan fingerprint density at radius 2 is 0.470 bits per heavy atom. The third kappa shape index (κ3) is 8.90. The molecule has 20 aromatic rings. The second-order valence-electron chi connectivity index (χ2n) is 25.4. The van der Waals surface area contributed by atoms with E-state index in [-0.39, 0.29) is 0 Å². The van der Waals surface area contributed by atoms with Gasteiger partial charge < -0.3 is 28.4 Å². The van der Waals surface area contributed by atoms with E-state index in [0.29, 0.717) is 22.8 Å². The van der Waals surface area contributed by atoms with Crippen molar-refractivity contribution in [3.8, 4) is 22.8 Å². The maximum Gasteiger partial charge on any atom is 0.117 e. The molecule has 0 unspecified atom stereocenters. The van der Waals surface area contributed by atoms with Gasteiger partial charge in [-0.25, -0.2) is 9.97 Å². The number of para-hydroxylation sites is 8. The Bertz CT molecular complexity index is 5870. The molecule has 0 fully saturated rings. The molecule has 7 aromatic heterocycles. The van der Waals surface area contributed by atoms with Crippen LogP contribution in [-0.2, 0) is 0 Å². The molecule has 100 heavy (non-hydrogen) atoms. The van der Waals surface area contributed by atoms with E-state index in [2.05, 4.69) is 332 Å². The lowest BCUT2D eigenvalue weighted by molar-refractivity contribution is 1.21. The maximum absolute atomic E-state index is 6.09. The van der Waals surface area contributed by atoms with E-state index >= 15 is 0 Å². The fourth-order valence-corrected chi connectivity index (χ4v) is 15.6. The first-order valence-electron chi connectivity index (χ1n) is 33.8. The van der Waals surface area contributed by atoms with Crippen molar-refractivity contribution in [2.45, 2.75) is 0 Å². The first-order chi connectivity index (χ1) is 49.7. The van der Waals surface area contributed by atoms with Crippen LogP contribution in [0.1, 0.15) is 0 Å². The highest BCUT2D eigenvalue weighted by Gasteiger charge is 2.33. The summed E-state index contributed by atoms with van der Waals surface area (Å²) in [5, 5.41) is 8.42. The minimum Gasteiger partial charge on any atom is -0.310 e. The van der Waals surface area contributed by atoms with E-state index in [4.69, 9.17) is 19.9 Å². The molecule has 0 bridgehead atoms. The molecule has 10 nitrogen and oxygen atoms in total. The molecule has 7 heterocycles. The standard InChI is InChI=1S/C90H58N10/c1-9-29-59(30-10-1)95(60-31-11-2-12-32-60)67-47-49-79-71(53-67)73-55-69(97(63-37-17-5-18-38-63)64-39-19-6-20-40-64)57-75-81-85-86(94-84(78-46-26-28-52-92-78)83(93-85)77-45-25-27-51-91-77)82-76-58-70(98(65-41-21-7-22-42-65)66-43-23-8-24-44-66)56-74-72-54-68(96(61-33-13-3-14-34-61)62-35-15-4-16-36-62)48-50-80(72)100(88(74)76)90(82)89(81)99(79)87(73)75/h1-58H. The monoisotopic (exact) mass is 1280 g/mol. The lowest BCUT2D eigenvalue weighted by atomic mass is 9.99. The van der Waals surface area contributed by atoms with Crippen molar-refractivity contribution in [2.75, 3.05) is 19.6 Å². The molecule has 468 valence electrons. The van der Waals surface area contributed by atoms with Gasteiger partial charge in [-0.1, -0.05) is 158 Å². The number of anilines is 12. The molecule has 10 heteroatoms. The smallest absolute Gasteiger partial charge is 0.117 e. The van der Waals surface area contributed by atoms with Crippen LogP contribution in [0, 0.1) is 0 Å². The number of pyridine rings is 2. The number of benzene rings is 13. The topological polar surface area (TPSA) is 73.3 Å². The van der Waals surface area contributed by atoms with Crippen molar-refractivity contribution in [1.82, 2.24) is 28.7 Å². The summed E-state index contributed by atoms with van der Waals surface area (Å²) in [4.78, 5) is 31.8. The number of fused-ring (bicyclic) bond motifs is 16. The molecule has 0 atom stereocenters. The average molecular weight is 1280 g/mol. The van der Waals surface area contributed by atoms with Crippen LogP contribution in [0.5, 0.6) is 0 Å². The highest BCUT2D eigenvalue weighted by Crippen LogP contribution is 2.54. The molecule has 13 aromatic carbocycles. The largest absolute Gasteiger partial charge is 0.310 e. The van der Waals surface area contributed by atoms with Crippen LogP contribution in [0.25, 0.3) is 110 Å². The zero-order valence-corrected chi connectivity index (χ0v) is 54.0. The van der Waals surface area contributed by atoms with Gasteiger partial charge in [0.2, 0.25) is 0 Å². The minimum atomic E-state index is 0.639. The predicted octanol–water partition coefficient (Wildman–Crippen LogP) is 23.9. The van der Waals surface area contributed by atoms with Gasteiger partial charge in [-0.2, -0.15) is 0 Å². The van der Waals surface area contributed by atoms with Crippen LogP contribution >= 0.6 is 0 Å². The zero-order chi connectivity index (χ0) is 65.8. The summed E-state index contributed by atoms with van der Waals surface area (Å²) in [5.41, 5.74) is 22.9. The predicted molar refractivity (Wildman–Crippen MR) is 414 cm³/mol. The van der Waals surface area contributed by atoms with Gasteiger partial charge in [0.25, 0.3) is 0 Å². The molecule has 0 saturated carbocycles. The summed E-state index contributed by atoms with van der Waals surface area (Å²) in [6, 6.07) is 121. The second-order valence-corrected chi connectivity index (χ2v) is 25.4. The van der Waals surface area contributed by atoms with Crippen LogP contribution in [0.4, 0.5) is 68.2 Å². The van der Waals surface area contributed by atoms with Crippen molar-refractivity contribution >= 4 is 155 Å². The number of hydrogen-bond donors (Lipinski definition) is 0. The molecule has 0 aliphatic carbocycles. The van der Waals surface area contributed by atoms with Crippen LogP contribution < -0.4 is 19.6 Å². The summed E-state index contributed by atoms with van der Waals surface area (Å²) in [6.45, 7) is 0. The third-order valence-corrected chi connectivity index (χ3v) is 19.7. The maximum atomic E-state index is 6.09. The summed E-state index contributed by atoms with van der Waals surface area (Å²) in [7, 11) is 0. The van der Waals surface area contributed by atoms with Gasteiger partial charge in [0.1, 0.15) is 22.4 Å². The van der Waals surface area contributed by atoms with Crippen molar-refractivity contribution in [2.24, 2.45) is 0 Å². The Hall–Kier alpha value is -13.7. The number of hydrogen-bond acceptors (Lipinski definition) is 8. The third-order valence-electron chi connectivity index (χ3n) is 19.7. The first-order valence-corrected chi connectivity index (χ1v) is 33.8. The Labute approximate surface area is 575 Å². The van der Waals surface area contributed by atoms with Gasteiger partial charge in [0, 0.05) is 124 Å². The molecule has 0 aliphatic rings. The number of rotatable bonds is 14. The van der Waals surface area contributed by atoms with Gasteiger partial charge in [-0.15, -0.1) is 0 Å². The first kappa shape index (κ1) is 56.6. The molecular weight excluding hydrogens is 1220 g/mol. The van der Waals surface area contributed by atoms with Gasteiger partial charge in [0.05, 0.1) is 44.5 Å². The quantitative estimate of drug-likeness (QED) is 0.107. The highest BCUT2D eigenvalue weighted by molar-refractivity contribution is 6.40. The summed E-state index contributed by atoms with van der Waals surface area (Å²) in [5.74, 6) is 0. The SMILES string of the molecule is c1ccc(N(c2ccccc2)c2ccc3c(c2)c2cc(N(c4ccccc4)c4ccccc4)cc4c5c6nc(-c7ccccn7)c(-c7ccccn7)nc6c6c7cc(N(c8ccccc8)c8ccccc8)cc8c9cc(N(c%10ccccc%10)c%10ccccc%10)ccc9n(c87)c6c5n3c24)cc1. The van der Waals surface area contributed by atoms with Gasteiger partial charge in [0.15, 0.2) is 0 Å². The zero-order valence-electron chi connectivity index (χ0n) is 54.0. The summed E-state index contributed by atoms with van der Waals surface area (Å²) < 4.78 is 5.12. The minimum absolute atomic E-state index is 0.639. The molecule has 0 aliphatic heterocycles. The van der Waals surface area contributed by atoms with E-state index in [1.807, 2.05) is 48.8 Å². The van der Waals surface area contributed by atoms with E-state index in [1.165, 1.54) is 0 Å². The molecule has 0 saturated heterocycles. The highest BCUT2D eigenvalue weighted by atomic mass is 15.2. The fraction of sp³-hybridized carbons (Fsp3) is 0. The molecule has 0 amide bonds. The van der Waals surface area contributed by atoms with E-state index in [9.17, 15) is 0 Å². The molecule has 0 radical (unpaired) electrons.